The van der Waals surface area contributed by atoms with Gasteiger partial charge in [0.25, 0.3) is 11.7 Å². The maximum absolute atomic E-state index is 13.4. The summed E-state index contributed by atoms with van der Waals surface area (Å²) in [5.74, 6) is -0.804. The molecular formula is C27H24ClNO6. The maximum atomic E-state index is 13.4. The number of Topliss-reactive ketones (excluding diaryl/α,β-unsaturated/α-hetero) is 1. The first-order valence-electron chi connectivity index (χ1n) is 10.9. The van der Waals surface area contributed by atoms with Gasteiger partial charge in [0.05, 0.1) is 32.4 Å². The Morgan fingerprint density at radius 3 is 2.17 bits per heavy atom. The van der Waals surface area contributed by atoms with Crippen LogP contribution in [-0.2, 0) is 9.59 Å². The minimum Gasteiger partial charge on any atom is -0.506 e. The van der Waals surface area contributed by atoms with Crippen molar-refractivity contribution in [2.45, 2.75) is 13.0 Å². The Morgan fingerprint density at radius 1 is 0.971 bits per heavy atom. The van der Waals surface area contributed by atoms with Crippen molar-refractivity contribution >= 4 is 34.7 Å². The van der Waals surface area contributed by atoms with E-state index in [0.29, 0.717) is 40.1 Å². The third kappa shape index (κ3) is 4.42. The SMILES string of the molecule is CCOc1ccc(C2/C(=C(\O)c3c(OC)cccc3OC)C(=O)C(=O)N2c2cccc(Cl)c2)cc1. The first-order chi connectivity index (χ1) is 16.9. The van der Waals surface area contributed by atoms with Crippen LogP contribution in [0.3, 0.4) is 0 Å². The second-order valence-corrected chi connectivity index (χ2v) is 8.12. The van der Waals surface area contributed by atoms with Crippen molar-refractivity contribution in [3.63, 3.8) is 0 Å². The molecule has 3 aromatic rings. The highest BCUT2D eigenvalue weighted by molar-refractivity contribution is 6.52. The largest absolute Gasteiger partial charge is 0.506 e. The Bertz CT molecular complexity index is 1280. The quantitative estimate of drug-likeness (QED) is 0.270. The van der Waals surface area contributed by atoms with Crippen LogP contribution >= 0.6 is 11.6 Å². The monoisotopic (exact) mass is 493 g/mol. The molecule has 8 heteroatoms. The van der Waals surface area contributed by atoms with Crippen LogP contribution in [0.2, 0.25) is 5.02 Å². The first kappa shape index (κ1) is 24.2. The van der Waals surface area contributed by atoms with Crippen LogP contribution in [0.4, 0.5) is 5.69 Å². The molecule has 0 bridgehead atoms. The number of nitrogens with zero attached hydrogens (tertiary/aromatic N) is 1. The Labute approximate surface area is 208 Å². The Kier molecular flexibility index (Phi) is 6.98. The maximum Gasteiger partial charge on any atom is 0.300 e. The van der Waals surface area contributed by atoms with Gasteiger partial charge in [-0.05, 0) is 55.0 Å². The van der Waals surface area contributed by atoms with Crippen molar-refractivity contribution in [3.8, 4) is 17.2 Å². The molecule has 1 amide bonds. The Hall–Kier alpha value is -3.97. The molecule has 0 aromatic heterocycles. The molecule has 0 saturated carbocycles. The van der Waals surface area contributed by atoms with E-state index in [1.807, 2.05) is 6.92 Å². The van der Waals surface area contributed by atoms with Crippen molar-refractivity contribution < 1.29 is 28.9 Å². The fourth-order valence-corrected chi connectivity index (χ4v) is 4.36. The lowest BCUT2D eigenvalue weighted by atomic mass is 9.94. The van der Waals surface area contributed by atoms with Crippen LogP contribution in [-0.4, -0.2) is 37.6 Å². The number of anilines is 1. The predicted octanol–water partition coefficient (Wildman–Crippen LogP) is 5.38. The molecule has 7 nitrogen and oxygen atoms in total. The molecule has 4 rings (SSSR count). The fraction of sp³-hybridized carbons (Fsp3) is 0.185. The average molecular weight is 494 g/mol. The van der Waals surface area contributed by atoms with Crippen molar-refractivity contribution in [1.29, 1.82) is 0 Å². The minimum absolute atomic E-state index is 0.0954. The molecule has 0 spiro atoms. The van der Waals surface area contributed by atoms with E-state index in [4.69, 9.17) is 25.8 Å². The van der Waals surface area contributed by atoms with Gasteiger partial charge in [-0.1, -0.05) is 35.9 Å². The lowest BCUT2D eigenvalue weighted by molar-refractivity contribution is -0.132. The van der Waals surface area contributed by atoms with Crippen molar-refractivity contribution in [2.24, 2.45) is 0 Å². The van der Waals surface area contributed by atoms with E-state index < -0.39 is 23.5 Å². The number of aliphatic hydroxyl groups excluding tert-OH is 1. The lowest BCUT2D eigenvalue weighted by Gasteiger charge is -2.26. The van der Waals surface area contributed by atoms with Gasteiger partial charge in [0.15, 0.2) is 0 Å². The summed E-state index contributed by atoms with van der Waals surface area (Å²) in [6.45, 7) is 2.37. The highest BCUT2D eigenvalue weighted by Crippen LogP contribution is 2.45. The van der Waals surface area contributed by atoms with E-state index in [9.17, 15) is 14.7 Å². The topological polar surface area (TPSA) is 85.3 Å². The zero-order valence-corrected chi connectivity index (χ0v) is 20.2. The second kappa shape index (κ2) is 10.1. The zero-order valence-electron chi connectivity index (χ0n) is 19.4. The summed E-state index contributed by atoms with van der Waals surface area (Å²) >= 11 is 6.20. The van der Waals surface area contributed by atoms with Gasteiger partial charge >= 0.3 is 0 Å². The summed E-state index contributed by atoms with van der Waals surface area (Å²) in [6, 6.07) is 17.7. The first-order valence-corrected chi connectivity index (χ1v) is 11.3. The molecule has 180 valence electrons. The summed E-state index contributed by atoms with van der Waals surface area (Å²) in [6.07, 6.45) is 0. The fourth-order valence-electron chi connectivity index (χ4n) is 4.17. The van der Waals surface area contributed by atoms with Crippen LogP contribution in [0.1, 0.15) is 24.1 Å². The normalized spacial score (nSPS) is 16.9. The van der Waals surface area contributed by atoms with E-state index in [1.54, 1.807) is 66.7 Å². The van der Waals surface area contributed by atoms with E-state index in [2.05, 4.69) is 0 Å². The lowest BCUT2D eigenvalue weighted by Crippen LogP contribution is -2.29. The highest BCUT2D eigenvalue weighted by Gasteiger charge is 2.47. The van der Waals surface area contributed by atoms with Gasteiger partial charge in [-0.15, -0.1) is 0 Å². The van der Waals surface area contributed by atoms with E-state index >= 15 is 0 Å². The summed E-state index contributed by atoms with van der Waals surface area (Å²) in [5, 5.41) is 11.9. The van der Waals surface area contributed by atoms with E-state index in [1.165, 1.54) is 19.1 Å². The molecule has 1 atom stereocenters. The summed E-state index contributed by atoms with van der Waals surface area (Å²) < 4.78 is 16.4. The van der Waals surface area contributed by atoms with Crippen molar-refractivity contribution in [2.75, 3.05) is 25.7 Å². The number of halogens is 1. The molecule has 3 aromatic carbocycles. The zero-order chi connectivity index (χ0) is 25.1. The number of ether oxygens (including phenoxy) is 3. The average Bonchev–Trinajstić information content (AvgIpc) is 3.14. The summed E-state index contributed by atoms with van der Waals surface area (Å²) in [7, 11) is 2.89. The molecule has 0 aliphatic carbocycles. The second-order valence-electron chi connectivity index (χ2n) is 7.69. The number of aliphatic hydroxyl groups is 1. The number of amides is 1. The molecule has 1 fully saturated rings. The Morgan fingerprint density at radius 2 is 1.60 bits per heavy atom. The van der Waals surface area contributed by atoms with Crippen LogP contribution in [0.5, 0.6) is 17.2 Å². The number of methoxy groups -OCH3 is 2. The molecule has 1 N–H and O–H groups in total. The summed E-state index contributed by atoms with van der Waals surface area (Å²) in [5.41, 5.74) is 1.10. The number of hydrogen-bond acceptors (Lipinski definition) is 6. The van der Waals surface area contributed by atoms with Crippen LogP contribution in [0, 0.1) is 0 Å². The molecule has 1 saturated heterocycles. The number of carbonyl (C=O) groups excluding carboxylic acids is 2. The van der Waals surface area contributed by atoms with Gasteiger partial charge in [0.2, 0.25) is 0 Å². The molecular weight excluding hydrogens is 470 g/mol. The van der Waals surface area contributed by atoms with Gasteiger partial charge in [-0.3, -0.25) is 14.5 Å². The molecule has 1 unspecified atom stereocenters. The van der Waals surface area contributed by atoms with Gasteiger partial charge in [-0.25, -0.2) is 0 Å². The van der Waals surface area contributed by atoms with Gasteiger partial charge in [0.1, 0.15) is 28.6 Å². The number of rotatable bonds is 7. The number of benzene rings is 3. The van der Waals surface area contributed by atoms with Crippen molar-refractivity contribution in [3.05, 3.63) is 88.5 Å². The van der Waals surface area contributed by atoms with E-state index in [0.717, 1.165) is 0 Å². The molecule has 35 heavy (non-hydrogen) atoms. The molecule has 1 aliphatic rings. The predicted molar refractivity (Wildman–Crippen MR) is 133 cm³/mol. The minimum atomic E-state index is -0.932. The van der Waals surface area contributed by atoms with Crippen molar-refractivity contribution in [1.82, 2.24) is 0 Å². The molecule has 0 radical (unpaired) electrons. The molecule has 1 heterocycles. The number of ketones is 1. The Balaban J connectivity index is 1.98. The van der Waals surface area contributed by atoms with E-state index in [-0.39, 0.29) is 11.1 Å². The number of carbonyl (C=O) groups is 2. The highest BCUT2D eigenvalue weighted by atomic mass is 35.5. The van der Waals surface area contributed by atoms with Gasteiger partial charge in [-0.2, -0.15) is 0 Å². The van der Waals surface area contributed by atoms with Crippen LogP contribution < -0.4 is 19.1 Å². The smallest absolute Gasteiger partial charge is 0.300 e. The van der Waals surface area contributed by atoms with Crippen LogP contribution in [0.25, 0.3) is 5.76 Å². The standard InChI is InChI=1S/C27H24ClNO6/c1-4-35-19-13-11-16(12-14-19)24-23(25(30)22-20(33-2)9-6-10-21(22)34-3)26(31)27(32)29(24)18-8-5-7-17(28)15-18/h5-15,24,30H,4H2,1-3H3/b25-23+. The summed E-state index contributed by atoms with van der Waals surface area (Å²) in [4.78, 5) is 28.0. The van der Waals surface area contributed by atoms with Gasteiger partial charge in [0, 0.05) is 10.7 Å². The number of hydrogen-bond donors (Lipinski definition) is 1. The van der Waals surface area contributed by atoms with Gasteiger partial charge < -0.3 is 19.3 Å². The third-order valence-corrected chi connectivity index (χ3v) is 5.94. The third-order valence-electron chi connectivity index (χ3n) is 5.70. The molecule has 1 aliphatic heterocycles. The van der Waals surface area contributed by atoms with Crippen LogP contribution in [0.15, 0.2) is 72.3 Å².